The minimum absolute atomic E-state index is 0.0848. The van der Waals surface area contributed by atoms with Crippen LogP contribution in [0.3, 0.4) is 0 Å². The summed E-state index contributed by atoms with van der Waals surface area (Å²) in [4.78, 5) is 14.1. The maximum absolute atomic E-state index is 12.2. The van der Waals surface area contributed by atoms with Crippen molar-refractivity contribution in [3.8, 4) is 0 Å². The number of fused-ring (bicyclic) bond motifs is 1. The number of carbonyl (C=O) groups excluding carboxylic acids is 1. The van der Waals surface area contributed by atoms with Gasteiger partial charge in [0.1, 0.15) is 0 Å². The van der Waals surface area contributed by atoms with Crippen molar-refractivity contribution in [2.45, 2.75) is 25.7 Å². The zero-order valence-electron chi connectivity index (χ0n) is 9.20. The molecular formula is C12H15N3O. The summed E-state index contributed by atoms with van der Waals surface area (Å²) in [6.45, 7) is 1.76. The first kappa shape index (κ1) is 9.63. The maximum atomic E-state index is 12.2. The number of hydrogen-bond acceptors (Lipinski definition) is 2. The molecule has 1 aliphatic heterocycles. The van der Waals surface area contributed by atoms with Gasteiger partial charge >= 0.3 is 0 Å². The number of rotatable bonds is 1. The molecule has 0 spiro atoms. The van der Waals surface area contributed by atoms with Gasteiger partial charge < -0.3 is 4.90 Å². The quantitative estimate of drug-likeness (QED) is 0.776. The van der Waals surface area contributed by atoms with E-state index in [4.69, 9.17) is 0 Å². The molecule has 1 aromatic heterocycles. The number of hydrogen-bond donors (Lipinski definition) is 1. The first-order valence-corrected chi connectivity index (χ1v) is 5.89. The number of allylic oxidation sites excluding steroid dienone is 1. The summed E-state index contributed by atoms with van der Waals surface area (Å²) in [5.41, 5.74) is 2.71. The molecule has 1 aromatic rings. The SMILES string of the molecule is O=C(c1n[nH]c2c1C=CCC2)N1CCCC1. The summed E-state index contributed by atoms with van der Waals surface area (Å²) in [5, 5.41) is 7.16. The highest BCUT2D eigenvalue weighted by atomic mass is 16.2. The first-order chi connectivity index (χ1) is 7.86. The van der Waals surface area contributed by atoms with Crippen molar-refractivity contribution in [2.24, 2.45) is 0 Å². The molecule has 1 aliphatic carbocycles. The van der Waals surface area contributed by atoms with E-state index in [1.54, 1.807) is 0 Å². The number of aromatic amines is 1. The standard InChI is InChI=1S/C12H15N3O/c16-12(15-7-3-4-8-15)11-9-5-1-2-6-10(9)13-14-11/h1,5H,2-4,6-8H2,(H,13,14). The Morgan fingerprint density at radius 2 is 2.19 bits per heavy atom. The Hall–Kier alpha value is -1.58. The van der Waals surface area contributed by atoms with Crippen LogP contribution in [0.15, 0.2) is 6.08 Å². The lowest BCUT2D eigenvalue weighted by atomic mass is 10.0. The Morgan fingerprint density at radius 1 is 1.38 bits per heavy atom. The number of aryl methyl sites for hydroxylation is 1. The molecule has 2 heterocycles. The lowest BCUT2D eigenvalue weighted by molar-refractivity contribution is 0.0787. The summed E-state index contributed by atoms with van der Waals surface area (Å²) in [5.74, 6) is 0.0848. The molecule has 0 saturated carbocycles. The van der Waals surface area contributed by atoms with Gasteiger partial charge in [0.15, 0.2) is 5.69 Å². The second kappa shape index (κ2) is 3.77. The van der Waals surface area contributed by atoms with Gasteiger partial charge in [0, 0.05) is 24.3 Å². The van der Waals surface area contributed by atoms with Crippen molar-refractivity contribution in [3.05, 3.63) is 23.0 Å². The molecule has 4 heteroatoms. The largest absolute Gasteiger partial charge is 0.337 e. The van der Waals surface area contributed by atoms with Gasteiger partial charge in [-0.25, -0.2) is 0 Å². The number of carbonyl (C=O) groups is 1. The number of amides is 1. The van der Waals surface area contributed by atoms with Crippen LogP contribution in [0.5, 0.6) is 0 Å². The van der Waals surface area contributed by atoms with E-state index in [1.807, 2.05) is 11.0 Å². The molecule has 0 unspecified atom stereocenters. The number of nitrogens with zero attached hydrogens (tertiary/aromatic N) is 2. The van der Waals surface area contributed by atoms with E-state index < -0.39 is 0 Å². The van der Waals surface area contributed by atoms with Crippen molar-refractivity contribution in [3.63, 3.8) is 0 Å². The number of aromatic nitrogens is 2. The topological polar surface area (TPSA) is 49.0 Å². The predicted molar refractivity (Wildman–Crippen MR) is 61.1 cm³/mol. The zero-order chi connectivity index (χ0) is 11.0. The lowest BCUT2D eigenvalue weighted by Gasteiger charge is -2.14. The summed E-state index contributed by atoms with van der Waals surface area (Å²) in [6, 6.07) is 0. The molecule has 16 heavy (non-hydrogen) atoms. The third-order valence-corrected chi connectivity index (χ3v) is 3.32. The fourth-order valence-electron chi connectivity index (χ4n) is 2.42. The molecule has 1 saturated heterocycles. The highest BCUT2D eigenvalue weighted by Crippen LogP contribution is 2.22. The smallest absolute Gasteiger partial charge is 0.274 e. The molecule has 4 nitrogen and oxygen atoms in total. The molecule has 1 fully saturated rings. The summed E-state index contributed by atoms with van der Waals surface area (Å²) < 4.78 is 0. The van der Waals surface area contributed by atoms with Crippen molar-refractivity contribution < 1.29 is 4.79 Å². The summed E-state index contributed by atoms with van der Waals surface area (Å²) in [6.07, 6.45) is 8.37. The molecule has 3 rings (SSSR count). The first-order valence-electron chi connectivity index (χ1n) is 5.89. The van der Waals surface area contributed by atoms with E-state index in [0.717, 1.165) is 50.0 Å². The Balaban J connectivity index is 1.92. The average Bonchev–Trinajstić information content (AvgIpc) is 2.98. The second-order valence-electron chi connectivity index (χ2n) is 4.40. The highest BCUT2D eigenvalue weighted by molar-refractivity contribution is 5.96. The van der Waals surface area contributed by atoms with Crippen LogP contribution in [-0.2, 0) is 6.42 Å². The summed E-state index contributed by atoms with van der Waals surface area (Å²) in [7, 11) is 0. The lowest BCUT2D eigenvalue weighted by Crippen LogP contribution is -2.28. The molecule has 1 amide bonds. The van der Waals surface area contributed by atoms with Crippen LogP contribution in [0.25, 0.3) is 6.08 Å². The number of nitrogens with one attached hydrogen (secondary N) is 1. The molecule has 2 aliphatic rings. The molecule has 1 N–H and O–H groups in total. The monoisotopic (exact) mass is 217 g/mol. The van der Waals surface area contributed by atoms with Crippen LogP contribution in [0.1, 0.15) is 41.0 Å². The maximum Gasteiger partial charge on any atom is 0.274 e. The minimum Gasteiger partial charge on any atom is -0.337 e. The van der Waals surface area contributed by atoms with E-state index in [9.17, 15) is 4.79 Å². The fraction of sp³-hybridized carbons (Fsp3) is 0.500. The predicted octanol–water partition coefficient (Wildman–Crippen LogP) is 1.61. The Kier molecular flexibility index (Phi) is 2.27. The van der Waals surface area contributed by atoms with Crippen molar-refractivity contribution in [1.29, 1.82) is 0 Å². The minimum atomic E-state index is 0.0848. The Bertz CT molecular complexity index is 441. The van der Waals surface area contributed by atoms with E-state index in [2.05, 4.69) is 16.3 Å². The van der Waals surface area contributed by atoms with Gasteiger partial charge in [-0.1, -0.05) is 12.2 Å². The summed E-state index contributed by atoms with van der Waals surface area (Å²) >= 11 is 0. The van der Waals surface area contributed by atoms with Crippen LogP contribution < -0.4 is 0 Å². The van der Waals surface area contributed by atoms with Gasteiger partial charge in [0.05, 0.1) is 0 Å². The van der Waals surface area contributed by atoms with Crippen molar-refractivity contribution in [2.75, 3.05) is 13.1 Å². The average molecular weight is 217 g/mol. The number of H-pyrrole nitrogens is 1. The van der Waals surface area contributed by atoms with Gasteiger partial charge in [-0.05, 0) is 25.7 Å². The van der Waals surface area contributed by atoms with Gasteiger partial charge in [-0.3, -0.25) is 9.89 Å². The van der Waals surface area contributed by atoms with E-state index >= 15 is 0 Å². The van der Waals surface area contributed by atoms with Crippen LogP contribution in [0.2, 0.25) is 0 Å². The molecule has 84 valence electrons. The van der Waals surface area contributed by atoms with Gasteiger partial charge in [0.25, 0.3) is 5.91 Å². The third-order valence-electron chi connectivity index (χ3n) is 3.32. The van der Waals surface area contributed by atoms with Gasteiger partial charge in [0.2, 0.25) is 0 Å². The van der Waals surface area contributed by atoms with Crippen LogP contribution in [0.4, 0.5) is 0 Å². The molecule has 0 aromatic carbocycles. The highest BCUT2D eigenvalue weighted by Gasteiger charge is 2.25. The van der Waals surface area contributed by atoms with Crippen LogP contribution in [0, 0.1) is 0 Å². The van der Waals surface area contributed by atoms with E-state index in [1.165, 1.54) is 0 Å². The third kappa shape index (κ3) is 1.45. The van der Waals surface area contributed by atoms with E-state index in [0.29, 0.717) is 5.69 Å². The zero-order valence-corrected chi connectivity index (χ0v) is 9.20. The fourth-order valence-corrected chi connectivity index (χ4v) is 2.42. The Morgan fingerprint density at radius 3 is 3.00 bits per heavy atom. The van der Waals surface area contributed by atoms with Gasteiger partial charge in [-0.15, -0.1) is 0 Å². The van der Waals surface area contributed by atoms with Crippen molar-refractivity contribution >= 4 is 12.0 Å². The van der Waals surface area contributed by atoms with Gasteiger partial charge in [-0.2, -0.15) is 5.10 Å². The molecule has 0 radical (unpaired) electrons. The molecular weight excluding hydrogens is 202 g/mol. The molecule has 0 bridgehead atoms. The van der Waals surface area contributed by atoms with Crippen LogP contribution >= 0.6 is 0 Å². The van der Waals surface area contributed by atoms with E-state index in [-0.39, 0.29) is 5.91 Å². The normalized spacial score (nSPS) is 18.9. The van der Waals surface area contributed by atoms with Crippen LogP contribution in [-0.4, -0.2) is 34.1 Å². The molecule has 0 atom stereocenters. The van der Waals surface area contributed by atoms with Crippen molar-refractivity contribution in [1.82, 2.24) is 15.1 Å². The Labute approximate surface area is 94.3 Å². The number of likely N-dealkylation sites (tertiary alicyclic amines) is 1. The second-order valence-corrected chi connectivity index (χ2v) is 4.40.